The number of fused-ring (bicyclic) bond motifs is 1. The minimum atomic E-state index is -0.110. The fourth-order valence-corrected chi connectivity index (χ4v) is 4.18. The Labute approximate surface area is 176 Å². The first-order valence-electron chi connectivity index (χ1n) is 9.22. The maximum atomic E-state index is 12.4. The van der Waals surface area contributed by atoms with Gasteiger partial charge in [0.2, 0.25) is 0 Å². The molecule has 1 aliphatic heterocycles. The number of carbonyl (C=O) groups excluding carboxylic acids is 1. The third-order valence-electron chi connectivity index (χ3n) is 4.77. The molecule has 146 valence electrons. The van der Waals surface area contributed by atoms with Crippen LogP contribution in [-0.4, -0.2) is 51.5 Å². The molecule has 3 aromatic rings. The van der Waals surface area contributed by atoms with Crippen molar-refractivity contribution in [2.45, 2.75) is 24.5 Å². The Bertz CT molecular complexity index is 1000. The highest BCUT2D eigenvalue weighted by Crippen LogP contribution is 2.28. The average Bonchev–Trinajstić information content (AvgIpc) is 3.38. The summed E-state index contributed by atoms with van der Waals surface area (Å²) in [6.07, 6.45) is 6.20. The summed E-state index contributed by atoms with van der Waals surface area (Å²) < 4.78 is 2.63. The molecular formula is C19H21BrN6OS. The molecule has 0 atom stereocenters. The Morgan fingerprint density at radius 2 is 2.04 bits per heavy atom. The molecule has 0 bridgehead atoms. The van der Waals surface area contributed by atoms with Crippen LogP contribution in [0.4, 0.5) is 5.82 Å². The zero-order valence-electron chi connectivity index (χ0n) is 15.6. The van der Waals surface area contributed by atoms with Gasteiger partial charge in [-0.3, -0.25) is 4.79 Å². The zero-order valence-corrected chi connectivity index (χ0v) is 18.0. The largest absolute Gasteiger partial charge is 0.356 e. The van der Waals surface area contributed by atoms with E-state index in [0.717, 1.165) is 39.6 Å². The number of nitrogens with one attached hydrogen (secondary N) is 1. The monoisotopic (exact) mass is 460 g/mol. The standard InChI is InChI=1S/C19H21BrN6OS/c1-28-19-23-16(25-9-4-5-10-25)14-12-22-26(17(14)24-19)11-8-21-18(27)13-6-2-3-7-15(13)20/h2-3,6-7,12H,4-5,8-11H2,1H3,(H,21,27). The zero-order chi connectivity index (χ0) is 19.5. The fraction of sp³-hybridized carbons (Fsp3) is 0.368. The number of anilines is 1. The van der Waals surface area contributed by atoms with Crippen LogP contribution < -0.4 is 10.2 Å². The van der Waals surface area contributed by atoms with E-state index in [1.165, 1.54) is 24.6 Å². The van der Waals surface area contributed by atoms with Gasteiger partial charge < -0.3 is 10.2 Å². The Kier molecular flexibility index (Phi) is 5.82. The van der Waals surface area contributed by atoms with Gasteiger partial charge in [0.15, 0.2) is 10.8 Å². The van der Waals surface area contributed by atoms with Crippen LogP contribution >= 0.6 is 27.7 Å². The van der Waals surface area contributed by atoms with Gasteiger partial charge in [-0.15, -0.1) is 0 Å². The molecule has 0 unspecified atom stereocenters. The second kappa shape index (κ2) is 8.48. The van der Waals surface area contributed by atoms with Crippen LogP contribution in [0.2, 0.25) is 0 Å². The van der Waals surface area contributed by atoms with Crippen LogP contribution in [0, 0.1) is 0 Å². The van der Waals surface area contributed by atoms with Crippen molar-refractivity contribution in [3.8, 4) is 0 Å². The molecule has 28 heavy (non-hydrogen) atoms. The van der Waals surface area contributed by atoms with Gasteiger partial charge in [-0.25, -0.2) is 14.6 Å². The van der Waals surface area contributed by atoms with E-state index < -0.39 is 0 Å². The fourth-order valence-electron chi connectivity index (χ4n) is 3.36. The molecule has 1 saturated heterocycles. The number of carbonyl (C=O) groups is 1. The van der Waals surface area contributed by atoms with Gasteiger partial charge in [0.05, 0.1) is 23.7 Å². The first kappa shape index (κ1) is 19.2. The van der Waals surface area contributed by atoms with E-state index >= 15 is 0 Å². The highest BCUT2D eigenvalue weighted by atomic mass is 79.9. The van der Waals surface area contributed by atoms with Crippen LogP contribution in [-0.2, 0) is 6.54 Å². The Morgan fingerprint density at radius 1 is 1.25 bits per heavy atom. The molecule has 1 amide bonds. The minimum absolute atomic E-state index is 0.110. The quantitative estimate of drug-likeness (QED) is 0.448. The predicted octanol–water partition coefficient (Wildman–Crippen LogP) is 3.34. The summed E-state index contributed by atoms with van der Waals surface area (Å²) in [6, 6.07) is 7.39. The number of aromatic nitrogens is 4. The lowest BCUT2D eigenvalue weighted by molar-refractivity contribution is 0.0951. The van der Waals surface area contributed by atoms with Gasteiger partial charge in [-0.05, 0) is 47.2 Å². The van der Waals surface area contributed by atoms with Crippen LogP contribution in [0.25, 0.3) is 11.0 Å². The summed E-state index contributed by atoms with van der Waals surface area (Å²) in [5.74, 6) is 0.858. The molecule has 1 aromatic carbocycles. The number of amides is 1. The Morgan fingerprint density at radius 3 is 2.79 bits per heavy atom. The van der Waals surface area contributed by atoms with Crippen LogP contribution in [0.15, 0.2) is 40.1 Å². The van der Waals surface area contributed by atoms with E-state index in [-0.39, 0.29) is 5.91 Å². The van der Waals surface area contributed by atoms with E-state index in [1.54, 1.807) is 6.07 Å². The van der Waals surface area contributed by atoms with E-state index in [2.05, 4.69) is 36.2 Å². The lowest BCUT2D eigenvalue weighted by atomic mass is 10.2. The molecular weight excluding hydrogens is 440 g/mol. The van der Waals surface area contributed by atoms with Gasteiger partial charge in [0.1, 0.15) is 5.82 Å². The van der Waals surface area contributed by atoms with Gasteiger partial charge >= 0.3 is 0 Å². The molecule has 3 heterocycles. The molecule has 0 radical (unpaired) electrons. The van der Waals surface area contributed by atoms with Crippen molar-refractivity contribution >= 4 is 50.5 Å². The smallest absolute Gasteiger partial charge is 0.252 e. The van der Waals surface area contributed by atoms with E-state index in [0.29, 0.717) is 18.7 Å². The van der Waals surface area contributed by atoms with Gasteiger partial charge in [-0.2, -0.15) is 5.10 Å². The van der Waals surface area contributed by atoms with Crippen molar-refractivity contribution in [1.29, 1.82) is 0 Å². The number of benzene rings is 1. The van der Waals surface area contributed by atoms with Crippen LogP contribution in [0.1, 0.15) is 23.2 Å². The molecule has 2 aromatic heterocycles. The minimum Gasteiger partial charge on any atom is -0.356 e. The lowest BCUT2D eigenvalue weighted by Gasteiger charge is -2.17. The lowest BCUT2D eigenvalue weighted by Crippen LogP contribution is -2.27. The number of hydrogen-bond donors (Lipinski definition) is 1. The topological polar surface area (TPSA) is 75.9 Å². The Balaban J connectivity index is 1.52. The first-order chi connectivity index (χ1) is 13.7. The van der Waals surface area contributed by atoms with Crippen molar-refractivity contribution in [1.82, 2.24) is 25.1 Å². The second-order valence-electron chi connectivity index (χ2n) is 6.57. The number of halogens is 1. The average molecular weight is 461 g/mol. The van der Waals surface area contributed by atoms with Crippen molar-refractivity contribution < 1.29 is 4.79 Å². The summed E-state index contributed by atoms with van der Waals surface area (Å²) in [4.78, 5) is 24.1. The molecule has 1 N–H and O–H groups in total. The first-order valence-corrected chi connectivity index (χ1v) is 11.2. The molecule has 4 rings (SSSR count). The van der Waals surface area contributed by atoms with Crippen molar-refractivity contribution in [3.63, 3.8) is 0 Å². The molecule has 1 fully saturated rings. The normalized spacial score (nSPS) is 14.0. The number of thioether (sulfide) groups is 1. The SMILES string of the molecule is CSc1nc(N2CCCC2)c2cnn(CCNC(=O)c3ccccc3Br)c2n1. The molecule has 0 saturated carbocycles. The maximum absolute atomic E-state index is 12.4. The number of hydrogen-bond acceptors (Lipinski definition) is 6. The van der Waals surface area contributed by atoms with E-state index in [9.17, 15) is 4.79 Å². The highest BCUT2D eigenvalue weighted by Gasteiger charge is 2.20. The summed E-state index contributed by atoms with van der Waals surface area (Å²) in [7, 11) is 0. The maximum Gasteiger partial charge on any atom is 0.252 e. The van der Waals surface area contributed by atoms with Crippen LogP contribution in [0.3, 0.4) is 0 Å². The van der Waals surface area contributed by atoms with E-state index in [4.69, 9.17) is 4.98 Å². The highest BCUT2D eigenvalue weighted by molar-refractivity contribution is 9.10. The summed E-state index contributed by atoms with van der Waals surface area (Å²) in [6.45, 7) is 3.05. The molecule has 0 aliphatic carbocycles. The van der Waals surface area contributed by atoms with Crippen molar-refractivity contribution in [2.75, 3.05) is 30.8 Å². The second-order valence-corrected chi connectivity index (χ2v) is 8.20. The van der Waals surface area contributed by atoms with E-state index in [1.807, 2.05) is 35.3 Å². The predicted molar refractivity (Wildman–Crippen MR) is 115 cm³/mol. The number of nitrogens with zero attached hydrogens (tertiary/aromatic N) is 5. The third-order valence-corrected chi connectivity index (χ3v) is 6.01. The number of rotatable bonds is 6. The third kappa shape index (κ3) is 3.86. The van der Waals surface area contributed by atoms with Crippen LogP contribution in [0.5, 0.6) is 0 Å². The van der Waals surface area contributed by atoms with Crippen molar-refractivity contribution in [3.05, 3.63) is 40.5 Å². The van der Waals surface area contributed by atoms with Crippen molar-refractivity contribution in [2.24, 2.45) is 0 Å². The summed E-state index contributed by atoms with van der Waals surface area (Å²) in [5, 5.41) is 9.17. The molecule has 7 nitrogen and oxygen atoms in total. The molecule has 9 heteroatoms. The summed E-state index contributed by atoms with van der Waals surface area (Å²) >= 11 is 4.95. The molecule has 1 aliphatic rings. The Hall–Kier alpha value is -2.13. The molecule has 0 spiro atoms. The van der Waals surface area contributed by atoms with Gasteiger partial charge in [0, 0.05) is 24.1 Å². The summed E-state index contributed by atoms with van der Waals surface area (Å²) in [5.41, 5.74) is 1.44. The van der Waals surface area contributed by atoms with Gasteiger partial charge in [-0.1, -0.05) is 23.9 Å². The van der Waals surface area contributed by atoms with Gasteiger partial charge in [0.25, 0.3) is 5.91 Å².